The smallest absolute Gasteiger partial charge is 0.283 e. The summed E-state index contributed by atoms with van der Waals surface area (Å²) in [6, 6.07) is 17.3. The van der Waals surface area contributed by atoms with Gasteiger partial charge in [0, 0.05) is 6.54 Å². The zero-order chi connectivity index (χ0) is 23.8. The predicted molar refractivity (Wildman–Crippen MR) is 118 cm³/mol. The van der Waals surface area contributed by atoms with Crippen molar-refractivity contribution in [2.24, 2.45) is 0 Å². The van der Waals surface area contributed by atoms with Crippen molar-refractivity contribution in [2.45, 2.75) is 19.2 Å². The average Bonchev–Trinajstić information content (AvgIpc) is 2.77. The molecule has 0 aliphatic carbocycles. The van der Waals surface area contributed by atoms with Gasteiger partial charge in [0.2, 0.25) is 5.91 Å². The topological polar surface area (TPSA) is 105 Å². The third-order valence-corrected chi connectivity index (χ3v) is 5.11. The standard InChI is InChI=1S/C23H22F2N2O5S/c24-19-5-1-3-17(11-19)14-32-21-9-7-16(8-10-21)13-26-22(18-4-2-6-20(25)12-18)23(28)27-15-33(29,30)31/h1-12,22,26H,13-15H2,(H,27,28)(H,29,30,31). The summed E-state index contributed by atoms with van der Waals surface area (Å²) in [6.07, 6.45) is 0. The van der Waals surface area contributed by atoms with Crippen LogP contribution in [0.25, 0.3) is 0 Å². The van der Waals surface area contributed by atoms with Crippen LogP contribution in [-0.4, -0.2) is 24.8 Å². The Morgan fingerprint density at radius 1 is 0.939 bits per heavy atom. The molecule has 3 aromatic rings. The first-order chi connectivity index (χ1) is 15.7. The lowest BCUT2D eigenvalue weighted by molar-refractivity contribution is -0.123. The molecule has 0 bridgehead atoms. The second-order valence-corrected chi connectivity index (χ2v) is 8.65. The maximum Gasteiger partial charge on any atom is 0.283 e. The molecular weight excluding hydrogens is 454 g/mol. The number of ether oxygens (including phenoxy) is 1. The monoisotopic (exact) mass is 476 g/mol. The van der Waals surface area contributed by atoms with E-state index in [0.717, 1.165) is 11.6 Å². The molecule has 33 heavy (non-hydrogen) atoms. The first-order valence-electron chi connectivity index (χ1n) is 9.87. The van der Waals surface area contributed by atoms with Gasteiger partial charge in [0.15, 0.2) is 0 Å². The molecule has 0 aliphatic rings. The van der Waals surface area contributed by atoms with Gasteiger partial charge in [0.05, 0.1) is 0 Å². The van der Waals surface area contributed by atoms with E-state index in [2.05, 4.69) is 10.6 Å². The van der Waals surface area contributed by atoms with Crippen molar-refractivity contribution >= 4 is 16.0 Å². The summed E-state index contributed by atoms with van der Waals surface area (Å²) in [5, 5.41) is 5.08. The fourth-order valence-corrected chi connectivity index (χ4v) is 3.35. The molecule has 174 valence electrons. The number of rotatable bonds is 10. The Balaban J connectivity index is 1.63. The molecule has 3 aromatic carbocycles. The molecule has 10 heteroatoms. The second kappa shape index (κ2) is 11.0. The van der Waals surface area contributed by atoms with Crippen LogP contribution in [0, 0.1) is 11.6 Å². The molecule has 0 saturated carbocycles. The van der Waals surface area contributed by atoms with Gasteiger partial charge in [-0.3, -0.25) is 14.7 Å². The molecule has 0 saturated heterocycles. The molecule has 1 unspecified atom stereocenters. The number of carbonyl (C=O) groups excluding carboxylic acids is 1. The molecule has 0 aliphatic heterocycles. The summed E-state index contributed by atoms with van der Waals surface area (Å²) < 4.78 is 63.3. The Labute approximate surface area is 190 Å². The van der Waals surface area contributed by atoms with Crippen LogP contribution in [-0.2, 0) is 28.1 Å². The van der Waals surface area contributed by atoms with E-state index < -0.39 is 33.8 Å². The molecule has 0 heterocycles. The first kappa shape index (κ1) is 24.3. The highest BCUT2D eigenvalue weighted by atomic mass is 32.2. The summed E-state index contributed by atoms with van der Waals surface area (Å²) in [4.78, 5) is 12.5. The number of nitrogens with one attached hydrogen (secondary N) is 2. The Morgan fingerprint density at radius 2 is 1.61 bits per heavy atom. The van der Waals surface area contributed by atoms with Crippen molar-refractivity contribution in [2.75, 3.05) is 5.88 Å². The minimum Gasteiger partial charge on any atom is -0.489 e. The van der Waals surface area contributed by atoms with Crippen molar-refractivity contribution in [3.63, 3.8) is 0 Å². The van der Waals surface area contributed by atoms with E-state index in [1.165, 1.54) is 30.3 Å². The Morgan fingerprint density at radius 3 is 2.24 bits per heavy atom. The summed E-state index contributed by atoms with van der Waals surface area (Å²) in [7, 11) is -4.41. The van der Waals surface area contributed by atoms with Crippen molar-refractivity contribution in [3.05, 3.63) is 101 Å². The number of hydrogen-bond donors (Lipinski definition) is 3. The van der Waals surface area contributed by atoms with E-state index in [1.807, 2.05) is 0 Å². The predicted octanol–water partition coefficient (Wildman–Crippen LogP) is 3.34. The van der Waals surface area contributed by atoms with E-state index in [9.17, 15) is 22.0 Å². The maximum atomic E-state index is 13.7. The molecule has 0 spiro atoms. The van der Waals surface area contributed by atoms with Gasteiger partial charge < -0.3 is 10.1 Å². The van der Waals surface area contributed by atoms with Crippen LogP contribution in [0.3, 0.4) is 0 Å². The third-order valence-electron chi connectivity index (χ3n) is 4.60. The van der Waals surface area contributed by atoms with Crippen LogP contribution in [0.2, 0.25) is 0 Å². The van der Waals surface area contributed by atoms with Crippen molar-refractivity contribution in [1.82, 2.24) is 10.6 Å². The highest BCUT2D eigenvalue weighted by molar-refractivity contribution is 7.85. The Kier molecular flexibility index (Phi) is 8.10. The zero-order valence-electron chi connectivity index (χ0n) is 17.4. The minimum atomic E-state index is -4.41. The van der Waals surface area contributed by atoms with E-state index in [1.54, 1.807) is 36.4 Å². The average molecular weight is 477 g/mol. The molecular formula is C23H22F2N2O5S. The molecule has 0 fully saturated rings. The first-order valence-corrected chi connectivity index (χ1v) is 11.5. The highest BCUT2D eigenvalue weighted by Gasteiger charge is 2.22. The van der Waals surface area contributed by atoms with Crippen LogP contribution in [0.4, 0.5) is 8.78 Å². The van der Waals surface area contributed by atoms with Crippen molar-refractivity contribution in [3.8, 4) is 5.75 Å². The lowest BCUT2D eigenvalue weighted by Gasteiger charge is -2.19. The van der Waals surface area contributed by atoms with Gasteiger partial charge in [-0.2, -0.15) is 8.42 Å². The SMILES string of the molecule is O=C(NCS(=O)(=O)O)C(NCc1ccc(OCc2cccc(F)c2)cc1)c1cccc(F)c1. The molecule has 7 nitrogen and oxygen atoms in total. The van der Waals surface area contributed by atoms with Gasteiger partial charge in [0.25, 0.3) is 10.1 Å². The highest BCUT2D eigenvalue weighted by Crippen LogP contribution is 2.18. The fourth-order valence-electron chi connectivity index (χ4n) is 3.03. The summed E-state index contributed by atoms with van der Waals surface area (Å²) in [5.41, 5.74) is 1.75. The lowest BCUT2D eigenvalue weighted by Crippen LogP contribution is -2.39. The van der Waals surface area contributed by atoms with E-state index >= 15 is 0 Å². The van der Waals surface area contributed by atoms with Crippen LogP contribution in [0.5, 0.6) is 5.75 Å². The van der Waals surface area contributed by atoms with Gasteiger partial charge >= 0.3 is 0 Å². The summed E-state index contributed by atoms with van der Waals surface area (Å²) >= 11 is 0. The number of amides is 1. The summed E-state index contributed by atoms with van der Waals surface area (Å²) in [5.74, 6) is -2.03. The van der Waals surface area contributed by atoms with Crippen LogP contribution < -0.4 is 15.4 Å². The Bertz CT molecular complexity index is 1200. The van der Waals surface area contributed by atoms with Gasteiger partial charge in [0.1, 0.15) is 35.9 Å². The number of halogens is 2. The quantitative estimate of drug-likeness (QED) is 0.388. The van der Waals surface area contributed by atoms with Gasteiger partial charge in [-0.05, 0) is 53.1 Å². The van der Waals surface area contributed by atoms with Crippen LogP contribution in [0.1, 0.15) is 22.7 Å². The molecule has 3 N–H and O–H groups in total. The molecule has 0 aromatic heterocycles. The summed E-state index contributed by atoms with van der Waals surface area (Å²) in [6.45, 7) is 0.398. The van der Waals surface area contributed by atoms with Crippen molar-refractivity contribution < 1.29 is 31.3 Å². The molecule has 3 rings (SSSR count). The van der Waals surface area contributed by atoms with Crippen molar-refractivity contribution in [1.29, 1.82) is 0 Å². The van der Waals surface area contributed by atoms with Gasteiger partial charge in [-0.25, -0.2) is 8.78 Å². The normalized spacial score (nSPS) is 12.2. The molecule has 1 atom stereocenters. The zero-order valence-corrected chi connectivity index (χ0v) is 18.2. The van der Waals surface area contributed by atoms with Crippen LogP contribution in [0.15, 0.2) is 72.8 Å². The molecule has 0 radical (unpaired) electrons. The largest absolute Gasteiger partial charge is 0.489 e. The fraction of sp³-hybridized carbons (Fsp3) is 0.174. The molecule has 1 amide bonds. The van der Waals surface area contributed by atoms with Crippen LogP contribution >= 0.6 is 0 Å². The van der Waals surface area contributed by atoms with Gasteiger partial charge in [-0.15, -0.1) is 0 Å². The van der Waals surface area contributed by atoms with E-state index in [4.69, 9.17) is 9.29 Å². The number of carbonyl (C=O) groups is 1. The third kappa shape index (κ3) is 7.94. The maximum absolute atomic E-state index is 13.7. The van der Waals surface area contributed by atoms with E-state index in [-0.39, 0.29) is 24.5 Å². The minimum absolute atomic E-state index is 0.199. The number of benzene rings is 3. The Hall–Kier alpha value is -3.34. The van der Waals surface area contributed by atoms with E-state index in [0.29, 0.717) is 11.3 Å². The lowest BCUT2D eigenvalue weighted by atomic mass is 10.1. The second-order valence-electron chi connectivity index (χ2n) is 7.20. The van der Waals surface area contributed by atoms with Gasteiger partial charge in [-0.1, -0.05) is 36.4 Å². The number of hydrogen-bond acceptors (Lipinski definition) is 5.